The zero-order chi connectivity index (χ0) is 21.8. The molecule has 0 spiro atoms. The molecule has 4 heteroatoms. The number of hydrogen-bond acceptors (Lipinski definition) is 2. The Bertz CT molecular complexity index is 1230. The number of fused-ring (bicyclic) bond motifs is 4. The third-order valence-electron chi connectivity index (χ3n) is 7.02. The van der Waals surface area contributed by atoms with E-state index >= 15 is 0 Å². The first-order valence-corrected chi connectivity index (χ1v) is 11.0. The van der Waals surface area contributed by atoms with E-state index in [-0.39, 0.29) is 17.2 Å². The first-order chi connectivity index (χ1) is 14.9. The van der Waals surface area contributed by atoms with Crippen LogP contribution >= 0.6 is 0 Å². The van der Waals surface area contributed by atoms with Gasteiger partial charge < -0.3 is 0 Å². The lowest BCUT2D eigenvalue weighted by atomic mass is 9.80. The van der Waals surface area contributed by atoms with Crippen LogP contribution in [0.3, 0.4) is 0 Å². The van der Waals surface area contributed by atoms with Crippen LogP contribution in [0.2, 0.25) is 0 Å². The van der Waals surface area contributed by atoms with Crippen molar-refractivity contribution < 1.29 is 14.2 Å². The van der Waals surface area contributed by atoms with Crippen molar-refractivity contribution in [2.24, 2.45) is 0 Å². The summed E-state index contributed by atoms with van der Waals surface area (Å²) in [5.41, 5.74) is 5.04. The summed E-state index contributed by atoms with van der Waals surface area (Å²) >= 11 is 0. The lowest BCUT2D eigenvalue weighted by molar-refractivity contribution is -0.439. The number of nitrogens with zero attached hydrogens (tertiary/aromatic N) is 2. The maximum atomic E-state index is 12.6. The van der Waals surface area contributed by atoms with Crippen LogP contribution in [0, 0.1) is 0 Å². The number of amides is 2. The second-order valence-electron chi connectivity index (χ2n) is 9.06. The fourth-order valence-corrected chi connectivity index (χ4v) is 5.11. The second-order valence-corrected chi connectivity index (χ2v) is 9.06. The molecule has 0 aromatic heterocycles. The van der Waals surface area contributed by atoms with Crippen LogP contribution in [0.5, 0.6) is 0 Å². The third-order valence-corrected chi connectivity index (χ3v) is 7.02. The van der Waals surface area contributed by atoms with Crippen LogP contribution in [0.1, 0.15) is 59.9 Å². The highest BCUT2D eigenvalue weighted by Crippen LogP contribution is 2.43. The molecule has 0 fully saturated rings. The number of benzene rings is 3. The summed E-state index contributed by atoms with van der Waals surface area (Å²) < 4.78 is 2.42. The number of imide groups is 1. The molecule has 0 bridgehead atoms. The zero-order valence-corrected chi connectivity index (χ0v) is 18.3. The van der Waals surface area contributed by atoms with E-state index in [2.05, 4.69) is 61.7 Å². The molecule has 0 N–H and O–H groups in total. The topological polar surface area (TPSA) is 40.4 Å². The van der Waals surface area contributed by atoms with Gasteiger partial charge in [-0.3, -0.25) is 14.5 Å². The van der Waals surface area contributed by atoms with Gasteiger partial charge in [0.1, 0.15) is 6.54 Å². The molecular formula is C27H27N2O2+. The number of rotatable bonds is 5. The summed E-state index contributed by atoms with van der Waals surface area (Å²) in [6, 6.07) is 20.1. The molecule has 2 aliphatic rings. The maximum absolute atomic E-state index is 12.6. The van der Waals surface area contributed by atoms with E-state index in [1.807, 2.05) is 12.1 Å². The molecular weight excluding hydrogens is 384 g/mol. The van der Waals surface area contributed by atoms with E-state index < -0.39 is 0 Å². The van der Waals surface area contributed by atoms with E-state index in [1.54, 1.807) is 12.1 Å². The monoisotopic (exact) mass is 411 g/mol. The Hall–Kier alpha value is -3.27. The molecule has 3 aromatic carbocycles. The van der Waals surface area contributed by atoms with Gasteiger partial charge in [-0.1, -0.05) is 36.4 Å². The maximum Gasteiger partial charge on any atom is 0.261 e. The number of carbonyl (C=O) groups excluding carboxylic acids is 2. The number of unbranched alkanes of at least 4 members (excludes halogenated alkanes) is 1. The van der Waals surface area contributed by atoms with Crippen molar-refractivity contribution >= 4 is 34.0 Å². The average Bonchev–Trinajstić information content (AvgIpc) is 3.14. The zero-order valence-electron chi connectivity index (χ0n) is 18.3. The fraction of sp³-hybridized carbons (Fsp3) is 0.296. The van der Waals surface area contributed by atoms with Gasteiger partial charge in [0, 0.05) is 31.5 Å². The molecule has 2 heterocycles. The van der Waals surface area contributed by atoms with Gasteiger partial charge in [0.25, 0.3) is 11.8 Å². The predicted molar refractivity (Wildman–Crippen MR) is 123 cm³/mol. The van der Waals surface area contributed by atoms with E-state index in [0.717, 1.165) is 19.4 Å². The molecule has 0 saturated carbocycles. The van der Waals surface area contributed by atoms with Crippen molar-refractivity contribution in [2.45, 2.75) is 39.0 Å². The molecule has 0 aliphatic carbocycles. The molecule has 0 unspecified atom stereocenters. The Morgan fingerprint density at radius 1 is 0.839 bits per heavy atom. The van der Waals surface area contributed by atoms with Gasteiger partial charge in [-0.05, 0) is 49.2 Å². The largest absolute Gasteiger partial charge is 0.274 e. The summed E-state index contributed by atoms with van der Waals surface area (Å²) in [5, 5.41) is 2.59. The number of hydrogen-bond donors (Lipinski definition) is 0. The van der Waals surface area contributed by atoms with Crippen LogP contribution in [-0.4, -0.2) is 40.1 Å². The molecule has 4 nitrogen and oxygen atoms in total. The van der Waals surface area contributed by atoms with Gasteiger partial charge in [-0.25, -0.2) is 0 Å². The van der Waals surface area contributed by atoms with Gasteiger partial charge in [0.2, 0.25) is 5.69 Å². The Morgan fingerprint density at radius 2 is 1.48 bits per heavy atom. The molecule has 0 radical (unpaired) electrons. The smallest absolute Gasteiger partial charge is 0.261 e. The fourth-order valence-electron chi connectivity index (χ4n) is 5.11. The highest BCUT2D eigenvalue weighted by atomic mass is 16.2. The Kier molecular flexibility index (Phi) is 4.54. The van der Waals surface area contributed by atoms with E-state index in [4.69, 9.17) is 0 Å². The van der Waals surface area contributed by atoms with Crippen molar-refractivity contribution in [2.75, 3.05) is 13.1 Å². The molecule has 0 saturated heterocycles. The van der Waals surface area contributed by atoms with Gasteiger partial charge in [-0.15, -0.1) is 0 Å². The van der Waals surface area contributed by atoms with Crippen molar-refractivity contribution in [3.63, 3.8) is 0 Å². The molecule has 0 atom stereocenters. The van der Waals surface area contributed by atoms with E-state index in [1.165, 1.54) is 32.6 Å². The minimum atomic E-state index is -0.164. The molecule has 3 aromatic rings. The van der Waals surface area contributed by atoms with Crippen LogP contribution in [0.25, 0.3) is 10.8 Å². The van der Waals surface area contributed by atoms with Gasteiger partial charge in [0.15, 0.2) is 5.71 Å². The third kappa shape index (κ3) is 2.93. The summed E-state index contributed by atoms with van der Waals surface area (Å²) in [6.07, 6.45) is 1.70. The molecule has 2 amide bonds. The Morgan fingerprint density at radius 3 is 2.19 bits per heavy atom. The van der Waals surface area contributed by atoms with Gasteiger partial charge in [-0.2, -0.15) is 4.58 Å². The molecule has 156 valence electrons. The van der Waals surface area contributed by atoms with E-state index in [0.29, 0.717) is 17.7 Å². The Balaban J connectivity index is 1.32. The standard InChI is InChI=1S/C27H27N2O2/c1-18-27(2,3)24-20-11-5-4-10-19(20)14-15-23(24)28(18)16-8-9-17-29-25(30)21-12-6-7-13-22(21)26(29)31/h4-7,10-15H,8-9,16-17H2,1-3H3/q+1. The first kappa shape index (κ1) is 19.7. The van der Waals surface area contributed by atoms with Crippen LogP contribution in [-0.2, 0) is 5.41 Å². The molecule has 2 aliphatic heterocycles. The molecule has 5 rings (SSSR count). The highest BCUT2D eigenvalue weighted by molar-refractivity contribution is 6.21. The van der Waals surface area contributed by atoms with Gasteiger partial charge >= 0.3 is 0 Å². The van der Waals surface area contributed by atoms with Crippen molar-refractivity contribution in [3.8, 4) is 0 Å². The van der Waals surface area contributed by atoms with Crippen molar-refractivity contribution in [1.29, 1.82) is 0 Å². The summed E-state index contributed by atoms with van der Waals surface area (Å²) in [4.78, 5) is 26.5. The lowest BCUT2D eigenvalue weighted by Crippen LogP contribution is -2.31. The van der Waals surface area contributed by atoms with E-state index in [9.17, 15) is 9.59 Å². The minimum absolute atomic E-state index is 0.0290. The summed E-state index contributed by atoms with van der Waals surface area (Å²) in [7, 11) is 0. The number of carbonyl (C=O) groups is 2. The first-order valence-electron chi connectivity index (χ1n) is 11.0. The average molecular weight is 412 g/mol. The van der Waals surface area contributed by atoms with Crippen LogP contribution < -0.4 is 0 Å². The summed E-state index contributed by atoms with van der Waals surface area (Å²) in [6.45, 7) is 8.16. The second kappa shape index (κ2) is 7.16. The predicted octanol–water partition coefficient (Wildman–Crippen LogP) is 5.31. The minimum Gasteiger partial charge on any atom is -0.274 e. The molecule has 31 heavy (non-hydrogen) atoms. The van der Waals surface area contributed by atoms with Crippen molar-refractivity contribution in [3.05, 3.63) is 77.4 Å². The normalized spacial score (nSPS) is 16.9. The van der Waals surface area contributed by atoms with Crippen molar-refractivity contribution in [1.82, 2.24) is 4.90 Å². The summed E-state index contributed by atoms with van der Waals surface area (Å²) in [5.74, 6) is -0.329. The quantitative estimate of drug-likeness (QED) is 0.324. The van der Waals surface area contributed by atoms with Crippen LogP contribution in [0.15, 0.2) is 60.7 Å². The highest BCUT2D eigenvalue weighted by Gasteiger charge is 2.44. The van der Waals surface area contributed by atoms with Crippen LogP contribution in [0.4, 0.5) is 5.69 Å². The van der Waals surface area contributed by atoms with Gasteiger partial charge in [0.05, 0.1) is 16.5 Å². The Labute approximate surface area is 182 Å². The SMILES string of the molecule is CC1=[N+](CCCCN2C(=O)c3ccccc3C2=O)c2ccc3ccccc3c2C1(C)C. The lowest BCUT2D eigenvalue weighted by Gasteiger charge is -2.17.